The van der Waals surface area contributed by atoms with Crippen LogP contribution in [0.15, 0.2) is 72.8 Å². The van der Waals surface area contributed by atoms with Gasteiger partial charge in [0.15, 0.2) is 0 Å². The van der Waals surface area contributed by atoms with Crippen LogP contribution in [0, 0.1) is 11.6 Å². The molecule has 0 bridgehead atoms. The van der Waals surface area contributed by atoms with E-state index < -0.39 is 0 Å². The third-order valence-electron chi connectivity index (χ3n) is 6.74. The average Bonchev–Trinajstić information content (AvgIpc) is 3.28. The Bertz CT molecular complexity index is 1460. The van der Waals surface area contributed by atoms with Gasteiger partial charge in [-0.2, -0.15) is 0 Å². The van der Waals surface area contributed by atoms with Crippen molar-refractivity contribution >= 4 is 28.4 Å². The zero-order valence-corrected chi connectivity index (χ0v) is 21.5. The van der Waals surface area contributed by atoms with E-state index in [9.17, 15) is 18.4 Å². The Kier molecular flexibility index (Phi) is 8.29. The van der Waals surface area contributed by atoms with E-state index >= 15 is 0 Å². The number of aromatic nitrogens is 1. The summed E-state index contributed by atoms with van der Waals surface area (Å²) in [5, 5.41) is 6.65. The van der Waals surface area contributed by atoms with E-state index in [1.807, 2.05) is 22.8 Å². The van der Waals surface area contributed by atoms with Crippen LogP contribution in [-0.4, -0.2) is 60.7 Å². The fourth-order valence-electron chi connectivity index (χ4n) is 4.76. The summed E-state index contributed by atoms with van der Waals surface area (Å²) in [6, 6.07) is 19.3. The largest absolute Gasteiger partial charge is 0.379 e. The second-order valence-corrected chi connectivity index (χ2v) is 9.58. The summed E-state index contributed by atoms with van der Waals surface area (Å²) in [6.07, 6.45) is 0.107. The van der Waals surface area contributed by atoms with Gasteiger partial charge in [-0.05, 0) is 59.7 Å². The molecule has 0 spiro atoms. The van der Waals surface area contributed by atoms with Gasteiger partial charge in [0, 0.05) is 49.3 Å². The van der Waals surface area contributed by atoms with E-state index in [0.29, 0.717) is 43.2 Å². The number of ether oxygens (including phenoxy) is 1. The highest BCUT2D eigenvalue weighted by Crippen LogP contribution is 2.25. The topological polar surface area (TPSA) is 75.6 Å². The highest BCUT2D eigenvalue weighted by atomic mass is 19.1. The maximum atomic E-state index is 13.9. The normalized spacial score (nSPS) is 13.9. The number of amides is 2. The lowest BCUT2D eigenvalue weighted by atomic mass is 10.1. The predicted octanol–water partition coefficient (Wildman–Crippen LogP) is 4.21. The van der Waals surface area contributed by atoms with E-state index in [-0.39, 0.29) is 29.9 Å². The lowest BCUT2D eigenvalue weighted by Crippen LogP contribution is -2.41. The first-order valence-electron chi connectivity index (χ1n) is 12.9. The third-order valence-corrected chi connectivity index (χ3v) is 6.74. The quantitative estimate of drug-likeness (QED) is 0.339. The van der Waals surface area contributed by atoms with E-state index in [2.05, 4.69) is 15.5 Å². The molecule has 1 aromatic heterocycles. The Morgan fingerprint density at radius 2 is 1.67 bits per heavy atom. The van der Waals surface area contributed by atoms with Crippen molar-refractivity contribution in [1.82, 2.24) is 14.8 Å². The third kappa shape index (κ3) is 6.87. The van der Waals surface area contributed by atoms with Crippen molar-refractivity contribution in [3.63, 3.8) is 0 Å². The minimum atomic E-state index is -0.353. The van der Waals surface area contributed by atoms with Gasteiger partial charge < -0.3 is 19.9 Å². The molecule has 1 aliphatic heterocycles. The highest BCUT2D eigenvalue weighted by molar-refractivity contribution is 6.01. The van der Waals surface area contributed by atoms with E-state index in [1.54, 1.807) is 30.3 Å². The minimum absolute atomic E-state index is 0.107. The Balaban J connectivity index is 1.35. The van der Waals surface area contributed by atoms with Crippen molar-refractivity contribution < 1.29 is 23.1 Å². The number of hydrogen-bond acceptors (Lipinski definition) is 4. The number of nitrogens with zero attached hydrogens (tertiary/aromatic N) is 2. The molecule has 1 saturated heterocycles. The Morgan fingerprint density at radius 1 is 0.872 bits per heavy atom. The van der Waals surface area contributed by atoms with Crippen molar-refractivity contribution in [1.29, 1.82) is 0 Å². The lowest BCUT2D eigenvalue weighted by molar-refractivity contribution is -0.115. The van der Waals surface area contributed by atoms with Gasteiger partial charge in [0.2, 0.25) is 5.91 Å². The second-order valence-electron chi connectivity index (χ2n) is 9.58. The van der Waals surface area contributed by atoms with Gasteiger partial charge in [0.1, 0.15) is 17.3 Å². The monoisotopic (exact) mass is 532 g/mol. The van der Waals surface area contributed by atoms with Gasteiger partial charge in [-0.1, -0.05) is 24.3 Å². The van der Waals surface area contributed by atoms with Crippen LogP contribution < -0.4 is 10.6 Å². The number of anilines is 1. The van der Waals surface area contributed by atoms with Crippen molar-refractivity contribution in [3.8, 4) is 0 Å². The molecule has 5 rings (SSSR count). The van der Waals surface area contributed by atoms with Gasteiger partial charge in [-0.15, -0.1) is 0 Å². The standard InChI is InChI=1S/C30H30F2N4O3/c31-24-6-4-21(5-7-24)17-29(37)34-26-8-9-27-23(18-26)19-28(36(27)20-22-2-1-3-25(32)16-22)30(38)33-10-11-35-12-14-39-15-13-35/h1-9,16,18-19H,10-15,17,20H2,(H,33,38)(H,34,37). The summed E-state index contributed by atoms with van der Waals surface area (Å²) in [6.45, 7) is 4.59. The maximum Gasteiger partial charge on any atom is 0.267 e. The molecule has 0 unspecified atom stereocenters. The molecule has 2 amide bonds. The number of nitrogens with one attached hydrogen (secondary N) is 2. The predicted molar refractivity (Wildman–Crippen MR) is 146 cm³/mol. The van der Waals surface area contributed by atoms with Gasteiger partial charge in [0.05, 0.1) is 19.6 Å². The summed E-state index contributed by atoms with van der Waals surface area (Å²) >= 11 is 0. The molecule has 4 aromatic rings. The smallest absolute Gasteiger partial charge is 0.267 e. The Labute approximate surface area is 225 Å². The van der Waals surface area contributed by atoms with E-state index in [4.69, 9.17) is 4.74 Å². The summed E-state index contributed by atoms with van der Waals surface area (Å²) in [7, 11) is 0. The number of fused-ring (bicyclic) bond motifs is 1. The minimum Gasteiger partial charge on any atom is -0.379 e. The Hall–Kier alpha value is -4.08. The molecule has 39 heavy (non-hydrogen) atoms. The first-order valence-corrected chi connectivity index (χ1v) is 12.9. The lowest BCUT2D eigenvalue weighted by Gasteiger charge is -2.26. The molecule has 1 aliphatic rings. The van der Waals surface area contributed by atoms with Crippen LogP contribution in [0.3, 0.4) is 0 Å². The molecule has 1 fully saturated rings. The van der Waals surface area contributed by atoms with Crippen molar-refractivity contribution in [2.24, 2.45) is 0 Å². The highest BCUT2D eigenvalue weighted by Gasteiger charge is 2.18. The SMILES string of the molecule is O=C(Cc1ccc(F)cc1)Nc1ccc2c(c1)cc(C(=O)NCCN1CCOCC1)n2Cc1cccc(F)c1. The van der Waals surface area contributed by atoms with Gasteiger partial charge >= 0.3 is 0 Å². The number of carbonyl (C=O) groups excluding carboxylic acids is 2. The number of halogens is 2. The maximum absolute atomic E-state index is 13.9. The average molecular weight is 533 g/mol. The summed E-state index contributed by atoms with van der Waals surface area (Å²) in [4.78, 5) is 28.1. The zero-order valence-electron chi connectivity index (χ0n) is 21.5. The first kappa shape index (κ1) is 26.5. The molecule has 0 saturated carbocycles. The fourth-order valence-corrected chi connectivity index (χ4v) is 4.76. The van der Waals surface area contributed by atoms with Gasteiger partial charge in [-0.25, -0.2) is 8.78 Å². The number of hydrogen-bond donors (Lipinski definition) is 2. The zero-order chi connectivity index (χ0) is 27.2. The molecule has 3 aromatic carbocycles. The molecular formula is C30H30F2N4O3. The molecule has 9 heteroatoms. The number of rotatable bonds is 9. The summed E-state index contributed by atoms with van der Waals surface area (Å²) in [5.41, 5.74) is 3.25. The van der Waals surface area contributed by atoms with Gasteiger partial charge in [-0.3, -0.25) is 14.5 Å². The molecule has 7 nitrogen and oxygen atoms in total. The van der Waals surface area contributed by atoms with Crippen molar-refractivity contribution in [2.75, 3.05) is 44.7 Å². The van der Waals surface area contributed by atoms with Crippen LogP contribution in [-0.2, 0) is 22.5 Å². The van der Waals surface area contributed by atoms with Crippen molar-refractivity contribution in [2.45, 2.75) is 13.0 Å². The number of morpholine rings is 1. The molecule has 0 atom stereocenters. The van der Waals surface area contributed by atoms with Crippen LogP contribution in [0.5, 0.6) is 0 Å². The van der Waals surface area contributed by atoms with Crippen LogP contribution in [0.2, 0.25) is 0 Å². The fraction of sp³-hybridized carbons (Fsp3) is 0.267. The first-order chi connectivity index (χ1) is 18.9. The van der Waals surface area contributed by atoms with Gasteiger partial charge in [0.25, 0.3) is 5.91 Å². The summed E-state index contributed by atoms with van der Waals surface area (Å²) < 4.78 is 34.3. The second kappa shape index (κ2) is 12.2. The molecule has 2 N–H and O–H groups in total. The molecular weight excluding hydrogens is 502 g/mol. The van der Waals surface area contributed by atoms with Crippen LogP contribution in [0.1, 0.15) is 21.6 Å². The number of benzene rings is 3. The van der Waals surface area contributed by atoms with Crippen molar-refractivity contribution in [3.05, 3.63) is 101 Å². The van der Waals surface area contributed by atoms with Crippen LogP contribution >= 0.6 is 0 Å². The summed E-state index contributed by atoms with van der Waals surface area (Å²) in [5.74, 6) is -1.15. The molecule has 202 valence electrons. The van der Waals surface area contributed by atoms with E-state index in [1.165, 1.54) is 24.3 Å². The Morgan fingerprint density at radius 3 is 2.44 bits per heavy atom. The van der Waals surface area contributed by atoms with Crippen LogP contribution in [0.4, 0.5) is 14.5 Å². The molecule has 0 radical (unpaired) electrons. The van der Waals surface area contributed by atoms with E-state index in [0.717, 1.165) is 36.1 Å². The molecule has 0 aliphatic carbocycles. The number of carbonyl (C=O) groups is 2. The molecule has 2 heterocycles. The van der Waals surface area contributed by atoms with Crippen LogP contribution in [0.25, 0.3) is 10.9 Å².